The number of nitrogens with zero attached hydrogens (tertiary/aromatic N) is 1. The van der Waals surface area contributed by atoms with Crippen LogP contribution in [0.1, 0.15) is 34.7 Å². The van der Waals surface area contributed by atoms with Gasteiger partial charge < -0.3 is 5.32 Å². The van der Waals surface area contributed by atoms with Crippen LogP contribution >= 0.6 is 15.9 Å². The third-order valence-electron chi connectivity index (χ3n) is 3.90. The molecule has 1 aliphatic rings. The maximum Gasteiger partial charge on any atom is 0.102 e. The van der Waals surface area contributed by atoms with Crippen LogP contribution in [-0.2, 0) is 6.42 Å². The highest BCUT2D eigenvalue weighted by molar-refractivity contribution is 9.10. The van der Waals surface area contributed by atoms with Crippen molar-refractivity contribution in [3.05, 3.63) is 63.1 Å². The van der Waals surface area contributed by atoms with E-state index in [1.807, 2.05) is 25.1 Å². The van der Waals surface area contributed by atoms with Crippen molar-refractivity contribution in [1.29, 1.82) is 5.26 Å². The Kier molecular flexibility index (Phi) is 3.50. The SMILES string of the molecule is Cc1cccc(NC2CCc3cc(Br)ccc32)c1C#N. The van der Waals surface area contributed by atoms with Gasteiger partial charge in [0.05, 0.1) is 17.3 Å². The summed E-state index contributed by atoms with van der Waals surface area (Å²) in [5.74, 6) is 0. The molecule has 3 rings (SSSR count). The van der Waals surface area contributed by atoms with Crippen LogP contribution in [0.4, 0.5) is 5.69 Å². The summed E-state index contributed by atoms with van der Waals surface area (Å²) in [4.78, 5) is 0. The molecule has 1 unspecified atom stereocenters. The first-order valence-corrected chi connectivity index (χ1v) is 7.53. The van der Waals surface area contributed by atoms with Gasteiger partial charge in [-0.2, -0.15) is 5.26 Å². The van der Waals surface area contributed by atoms with Crippen LogP contribution in [0.15, 0.2) is 40.9 Å². The second-order valence-corrected chi connectivity index (χ2v) is 6.10. The van der Waals surface area contributed by atoms with E-state index in [0.29, 0.717) is 6.04 Å². The van der Waals surface area contributed by atoms with Crippen molar-refractivity contribution in [1.82, 2.24) is 0 Å². The Labute approximate surface area is 127 Å². The molecule has 3 heteroatoms. The second-order valence-electron chi connectivity index (χ2n) is 5.19. The standard InChI is InChI=1S/C17H15BrN2/c1-11-3-2-4-16(15(11)10-19)20-17-8-5-12-9-13(18)6-7-14(12)17/h2-4,6-7,9,17,20H,5,8H2,1H3. The fourth-order valence-electron chi connectivity index (χ4n) is 2.86. The molecule has 2 nitrogen and oxygen atoms in total. The summed E-state index contributed by atoms with van der Waals surface area (Å²) in [7, 11) is 0. The number of hydrogen-bond acceptors (Lipinski definition) is 2. The van der Waals surface area contributed by atoms with E-state index in [1.54, 1.807) is 0 Å². The van der Waals surface area contributed by atoms with Crippen molar-refractivity contribution >= 4 is 21.6 Å². The average molecular weight is 327 g/mol. The van der Waals surface area contributed by atoms with Gasteiger partial charge in [0.1, 0.15) is 6.07 Å². The van der Waals surface area contributed by atoms with Crippen LogP contribution in [0.3, 0.4) is 0 Å². The lowest BCUT2D eigenvalue weighted by atomic mass is 10.0. The topological polar surface area (TPSA) is 35.8 Å². The maximum atomic E-state index is 9.31. The number of nitriles is 1. The summed E-state index contributed by atoms with van der Waals surface area (Å²) in [6.07, 6.45) is 2.16. The maximum absolute atomic E-state index is 9.31. The minimum Gasteiger partial charge on any atom is -0.377 e. The van der Waals surface area contributed by atoms with E-state index in [-0.39, 0.29) is 0 Å². The Balaban J connectivity index is 1.92. The van der Waals surface area contributed by atoms with Gasteiger partial charge in [0, 0.05) is 4.47 Å². The largest absolute Gasteiger partial charge is 0.377 e. The van der Waals surface area contributed by atoms with Crippen LogP contribution in [0.5, 0.6) is 0 Å². The summed E-state index contributed by atoms with van der Waals surface area (Å²) in [6, 6.07) is 15.0. The normalized spacial score (nSPS) is 16.6. The lowest BCUT2D eigenvalue weighted by Gasteiger charge is -2.17. The zero-order valence-corrected chi connectivity index (χ0v) is 12.9. The van der Waals surface area contributed by atoms with Crippen LogP contribution in [-0.4, -0.2) is 0 Å². The van der Waals surface area contributed by atoms with Crippen LogP contribution in [0, 0.1) is 18.3 Å². The molecule has 0 radical (unpaired) electrons. The van der Waals surface area contributed by atoms with Gasteiger partial charge in [-0.15, -0.1) is 0 Å². The molecule has 1 N–H and O–H groups in total. The first-order chi connectivity index (χ1) is 9.69. The highest BCUT2D eigenvalue weighted by atomic mass is 79.9. The van der Waals surface area contributed by atoms with E-state index in [4.69, 9.17) is 0 Å². The number of nitrogens with one attached hydrogen (secondary N) is 1. The summed E-state index contributed by atoms with van der Waals surface area (Å²) >= 11 is 3.52. The monoisotopic (exact) mass is 326 g/mol. The van der Waals surface area contributed by atoms with Crippen molar-refractivity contribution in [3.8, 4) is 6.07 Å². The summed E-state index contributed by atoms with van der Waals surface area (Å²) in [6.45, 7) is 1.98. The molecule has 0 saturated heterocycles. The first-order valence-electron chi connectivity index (χ1n) is 6.73. The summed E-state index contributed by atoms with van der Waals surface area (Å²) in [5, 5.41) is 12.8. The molecular weight excluding hydrogens is 312 g/mol. The van der Waals surface area contributed by atoms with Gasteiger partial charge in [0.15, 0.2) is 0 Å². The number of aryl methyl sites for hydroxylation is 2. The van der Waals surface area contributed by atoms with Gasteiger partial charge in [-0.1, -0.05) is 34.1 Å². The van der Waals surface area contributed by atoms with E-state index in [0.717, 1.165) is 34.1 Å². The molecule has 0 heterocycles. The predicted molar refractivity (Wildman–Crippen MR) is 84.7 cm³/mol. The van der Waals surface area contributed by atoms with E-state index >= 15 is 0 Å². The van der Waals surface area contributed by atoms with Crippen molar-refractivity contribution in [3.63, 3.8) is 0 Å². The van der Waals surface area contributed by atoms with Crippen LogP contribution in [0.25, 0.3) is 0 Å². The van der Waals surface area contributed by atoms with Gasteiger partial charge in [0.2, 0.25) is 0 Å². The fraction of sp³-hybridized carbons (Fsp3) is 0.235. The van der Waals surface area contributed by atoms with Gasteiger partial charge in [-0.05, 0) is 54.7 Å². The molecule has 0 aliphatic heterocycles. The van der Waals surface area contributed by atoms with Crippen molar-refractivity contribution in [2.45, 2.75) is 25.8 Å². The molecule has 0 saturated carbocycles. The third kappa shape index (κ3) is 2.32. The number of halogens is 1. The van der Waals surface area contributed by atoms with E-state index < -0.39 is 0 Å². The number of fused-ring (bicyclic) bond motifs is 1. The third-order valence-corrected chi connectivity index (χ3v) is 4.39. The molecule has 0 bridgehead atoms. The minimum absolute atomic E-state index is 0.298. The molecule has 1 aliphatic carbocycles. The molecule has 2 aromatic carbocycles. The zero-order valence-electron chi connectivity index (χ0n) is 11.3. The lowest BCUT2D eigenvalue weighted by Crippen LogP contribution is -2.08. The molecule has 1 atom stereocenters. The minimum atomic E-state index is 0.298. The predicted octanol–water partition coefficient (Wildman–Crippen LogP) is 4.73. The number of rotatable bonds is 2. The average Bonchev–Trinajstić information content (AvgIpc) is 2.81. The van der Waals surface area contributed by atoms with Crippen molar-refractivity contribution in [2.75, 3.05) is 5.32 Å². The van der Waals surface area contributed by atoms with Gasteiger partial charge in [-0.25, -0.2) is 0 Å². The van der Waals surface area contributed by atoms with Gasteiger partial charge in [0.25, 0.3) is 0 Å². The smallest absolute Gasteiger partial charge is 0.102 e. The molecule has 100 valence electrons. The number of anilines is 1. The molecule has 0 spiro atoms. The van der Waals surface area contributed by atoms with E-state index in [1.165, 1.54) is 11.1 Å². The fourth-order valence-corrected chi connectivity index (χ4v) is 3.27. The highest BCUT2D eigenvalue weighted by Crippen LogP contribution is 2.36. The lowest BCUT2D eigenvalue weighted by molar-refractivity contribution is 0.761. The Morgan fingerprint density at radius 2 is 2.15 bits per heavy atom. The molecular formula is C17H15BrN2. The Bertz CT molecular complexity index is 701. The number of hydrogen-bond donors (Lipinski definition) is 1. The molecule has 2 aromatic rings. The van der Waals surface area contributed by atoms with Crippen molar-refractivity contribution in [2.24, 2.45) is 0 Å². The zero-order chi connectivity index (χ0) is 14.1. The van der Waals surface area contributed by atoms with E-state index in [9.17, 15) is 5.26 Å². The number of benzene rings is 2. The van der Waals surface area contributed by atoms with Gasteiger partial charge in [-0.3, -0.25) is 0 Å². The van der Waals surface area contributed by atoms with Crippen molar-refractivity contribution < 1.29 is 0 Å². The first kappa shape index (κ1) is 13.2. The molecule has 0 aromatic heterocycles. The van der Waals surface area contributed by atoms with Gasteiger partial charge >= 0.3 is 0 Å². The molecule has 20 heavy (non-hydrogen) atoms. The summed E-state index contributed by atoms with van der Waals surface area (Å²) < 4.78 is 1.13. The Morgan fingerprint density at radius 3 is 2.95 bits per heavy atom. The molecule has 0 amide bonds. The summed E-state index contributed by atoms with van der Waals surface area (Å²) in [5.41, 5.74) is 5.44. The highest BCUT2D eigenvalue weighted by Gasteiger charge is 2.23. The van der Waals surface area contributed by atoms with Crippen LogP contribution < -0.4 is 5.32 Å². The second kappa shape index (κ2) is 5.30. The van der Waals surface area contributed by atoms with E-state index in [2.05, 4.69) is 45.5 Å². The molecule has 0 fully saturated rings. The Hall–Kier alpha value is -1.79. The quantitative estimate of drug-likeness (QED) is 0.866. The Morgan fingerprint density at radius 1 is 1.30 bits per heavy atom. The van der Waals surface area contributed by atoms with Crippen LogP contribution in [0.2, 0.25) is 0 Å².